The largest absolute Gasteiger partial charge is 0.462 e. The third kappa shape index (κ3) is 3.45. The lowest BCUT2D eigenvalue weighted by Gasteiger charge is -2.47. The van der Waals surface area contributed by atoms with Crippen molar-refractivity contribution in [2.45, 2.75) is 50.5 Å². The van der Waals surface area contributed by atoms with Crippen molar-refractivity contribution in [3.63, 3.8) is 0 Å². The molecule has 2 heterocycles. The number of hydrogen-bond acceptors (Lipinski definition) is 4. The highest BCUT2D eigenvalue weighted by Gasteiger charge is 2.43. The summed E-state index contributed by atoms with van der Waals surface area (Å²) in [5.74, 6) is -0.390. The van der Waals surface area contributed by atoms with Crippen molar-refractivity contribution in [2.75, 3.05) is 13.1 Å². The normalized spacial score (nSPS) is 21.3. The molecular weight excluding hydrogens is 393 g/mol. The Balaban J connectivity index is 1.37. The van der Waals surface area contributed by atoms with Gasteiger partial charge in [-0.2, -0.15) is 0 Å². The summed E-state index contributed by atoms with van der Waals surface area (Å²) in [6.45, 7) is 2.43. The second-order valence-corrected chi connectivity index (χ2v) is 8.62. The maximum Gasteiger partial charge on any atom is 0.213 e. The Morgan fingerprint density at radius 3 is 2.62 bits per heavy atom. The highest BCUT2D eigenvalue weighted by atomic mass is 35.5. The van der Waals surface area contributed by atoms with E-state index in [1.165, 1.54) is 31.4 Å². The van der Waals surface area contributed by atoms with Gasteiger partial charge in [0, 0.05) is 43.1 Å². The van der Waals surface area contributed by atoms with Crippen LogP contribution in [0.3, 0.4) is 0 Å². The van der Waals surface area contributed by atoms with E-state index < -0.39 is 11.6 Å². The van der Waals surface area contributed by atoms with Gasteiger partial charge in [-0.3, -0.25) is 9.69 Å². The Labute approximate surface area is 174 Å². The predicted octanol–water partition coefficient (Wildman–Crippen LogP) is 5.21. The van der Waals surface area contributed by atoms with Crippen molar-refractivity contribution in [2.24, 2.45) is 0 Å². The number of halogens is 2. The van der Waals surface area contributed by atoms with Crippen LogP contribution in [0.2, 0.25) is 5.02 Å². The van der Waals surface area contributed by atoms with E-state index in [4.69, 9.17) is 21.1 Å². The number of rotatable bonds is 3. The van der Waals surface area contributed by atoms with Crippen molar-refractivity contribution >= 4 is 17.9 Å². The topological polar surface area (TPSA) is 38.8 Å². The molecule has 2 fully saturated rings. The van der Waals surface area contributed by atoms with Crippen molar-refractivity contribution in [3.8, 4) is 16.9 Å². The van der Waals surface area contributed by atoms with E-state index >= 15 is 0 Å². The minimum absolute atomic E-state index is 0.0321. The van der Waals surface area contributed by atoms with Crippen molar-refractivity contribution < 1.29 is 18.7 Å². The van der Waals surface area contributed by atoms with Crippen molar-refractivity contribution in [3.05, 3.63) is 52.3 Å². The van der Waals surface area contributed by atoms with Crippen LogP contribution in [0.5, 0.6) is 5.75 Å². The molecule has 3 aliphatic rings. The minimum atomic E-state index is -0.574. The average Bonchev–Trinajstić information content (AvgIpc) is 2.68. The zero-order chi connectivity index (χ0) is 20.0. The quantitative estimate of drug-likeness (QED) is 0.645. The fourth-order valence-corrected chi connectivity index (χ4v) is 4.75. The van der Waals surface area contributed by atoms with Gasteiger partial charge in [-0.05, 0) is 42.7 Å². The van der Waals surface area contributed by atoms with Gasteiger partial charge < -0.3 is 9.47 Å². The second kappa shape index (κ2) is 7.38. The lowest BCUT2D eigenvalue weighted by molar-refractivity contribution is -0.231. The third-order valence-corrected chi connectivity index (χ3v) is 6.84. The Bertz CT molecular complexity index is 951. The van der Waals surface area contributed by atoms with Gasteiger partial charge in [-0.25, -0.2) is 4.39 Å². The molecule has 29 heavy (non-hydrogen) atoms. The molecule has 1 spiro atoms. The number of piperidine rings is 1. The van der Waals surface area contributed by atoms with Gasteiger partial charge >= 0.3 is 0 Å². The van der Waals surface area contributed by atoms with Crippen LogP contribution in [-0.4, -0.2) is 36.1 Å². The van der Waals surface area contributed by atoms with E-state index in [9.17, 15) is 9.18 Å². The minimum Gasteiger partial charge on any atom is -0.462 e. The molecule has 2 aliphatic heterocycles. The lowest BCUT2D eigenvalue weighted by atomic mass is 9.89. The summed E-state index contributed by atoms with van der Waals surface area (Å²) in [4.78, 5) is 13.4. The van der Waals surface area contributed by atoms with Crippen LogP contribution >= 0.6 is 11.6 Å². The first-order chi connectivity index (χ1) is 14.1. The molecule has 1 saturated heterocycles. The maximum atomic E-state index is 14.0. The van der Waals surface area contributed by atoms with Gasteiger partial charge in [0.25, 0.3) is 0 Å². The third-order valence-electron chi connectivity index (χ3n) is 6.53. The number of ether oxygens (including phenoxy) is 2. The highest BCUT2D eigenvalue weighted by molar-refractivity contribution is 6.33. The smallest absolute Gasteiger partial charge is 0.213 e. The molecule has 0 unspecified atom stereocenters. The monoisotopic (exact) mass is 415 g/mol. The van der Waals surface area contributed by atoms with Gasteiger partial charge in [-0.15, -0.1) is 0 Å². The molecule has 1 saturated carbocycles. The zero-order valence-corrected chi connectivity index (χ0v) is 16.9. The van der Waals surface area contributed by atoms with Crippen molar-refractivity contribution in [1.29, 1.82) is 0 Å². The summed E-state index contributed by atoms with van der Waals surface area (Å²) < 4.78 is 26.5. The molecule has 0 amide bonds. The first-order valence-corrected chi connectivity index (χ1v) is 10.6. The summed E-state index contributed by atoms with van der Waals surface area (Å²) in [5, 5.41) is 0.492. The molecule has 152 valence electrons. The number of fused-ring (bicyclic) bond motifs is 1. The molecule has 5 rings (SSSR count). The number of benzene rings is 2. The molecule has 2 aromatic carbocycles. The number of hydrogen-bond donors (Lipinski definition) is 0. The first kappa shape index (κ1) is 19.0. The number of likely N-dealkylation sites (tertiary alicyclic amines) is 1. The number of carbonyl (C=O) groups excluding carboxylic acids is 1. The van der Waals surface area contributed by atoms with Crippen LogP contribution in [-0.2, 0) is 11.3 Å². The van der Waals surface area contributed by atoms with Gasteiger partial charge in [0.15, 0.2) is 6.29 Å². The summed E-state index contributed by atoms with van der Waals surface area (Å²) in [5.41, 5.74) is 2.25. The Kier molecular flexibility index (Phi) is 4.85. The van der Waals surface area contributed by atoms with E-state index in [0.717, 1.165) is 43.3 Å². The first-order valence-electron chi connectivity index (χ1n) is 10.2. The molecule has 0 bridgehead atoms. The standard InChI is InChI=1S/C23H23ClFNO3/c24-20-12-22-17(10-19(20)15-4-5-16(13-27)21(25)11-15)14-28-23(29-22)6-8-26(9-7-23)18-2-1-3-18/h4-5,10-13,18H,1-3,6-9,14H2. The summed E-state index contributed by atoms with van der Waals surface area (Å²) in [6.07, 6.45) is 6.16. The number of aldehydes is 1. The van der Waals surface area contributed by atoms with Crippen LogP contribution in [0.4, 0.5) is 4.39 Å². The molecule has 1 aliphatic carbocycles. The van der Waals surface area contributed by atoms with E-state index in [1.54, 1.807) is 12.1 Å². The van der Waals surface area contributed by atoms with E-state index in [1.807, 2.05) is 6.07 Å². The molecular formula is C23H23ClFNO3. The Hall–Kier alpha value is -1.95. The van der Waals surface area contributed by atoms with Crippen molar-refractivity contribution in [1.82, 2.24) is 4.90 Å². The van der Waals surface area contributed by atoms with E-state index in [-0.39, 0.29) is 5.56 Å². The van der Waals surface area contributed by atoms with Crippen LogP contribution in [0.1, 0.15) is 48.0 Å². The molecule has 0 N–H and O–H groups in total. The summed E-state index contributed by atoms with van der Waals surface area (Å²) in [7, 11) is 0. The Morgan fingerprint density at radius 2 is 1.97 bits per heavy atom. The maximum absolute atomic E-state index is 14.0. The molecule has 4 nitrogen and oxygen atoms in total. The summed E-state index contributed by atoms with van der Waals surface area (Å²) >= 11 is 6.52. The molecule has 0 atom stereocenters. The number of carbonyl (C=O) groups is 1. The average molecular weight is 416 g/mol. The predicted molar refractivity (Wildman–Crippen MR) is 109 cm³/mol. The molecule has 0 radical (unpaired) electrons. The fourth-order valence-electron chi connectivity index (χ4n) is 4.49. The van der Waals surface area contributed by atoms with Gasteiger partial charge in [0.1, 0.15) is 11.6 Å². The second-order valence-electron chi connectivity index (χ2n) is 8.22. The van der Waals surface area contributed by atoms with Crippen LogP contribution in [0.25, 0.3) is 11.1 Å². The van der Waals surface area contributed by atoms with E-state index in [0.29, 0.717) is 29.0 Å². The number of nitrogens with zero attached hydrogens (tertiary/aromatic N) is 1. The zero-order valence-electron chi connectivity index (χ0n) is 16.1. The molecule has 6 heteroatoms. The lowest BCUT2D eigenvalue weighted by Crippen LogP contribution is -2.54. The van der Waals surface area contributed by atoms with Gasteiger partial charge in [0.05, 0.1) is 17.2 Å². The van der Waals surface area contributed by atoms with Gasteiger partial charge in [-0.1, -0.05) is 24.1 Å². The van der Waals surface area contributed by atoms with Crippen LogP contribution in [0.15, 0.2) is 30.3 Å². The molecule has 2 aromatic rings. The van der Waals surface area contributed by atoms with Crippen LogP contribution < -0.4 is 4.74 Å². The highest BCUT2D eigenvalue weighted by Crippen LogP contribution is 2.43. The van der Waals surface area contributed by atoms with Crippen LogP contribution in [0, 0.1) is 5.82 Å². The Morgan fingerprint density at radius 1 is 1.17 bits per heavy atom. The SMILES string of the molecule is O=Cc1ccc(-c2cc3c(cc2Cl)OC2(CCN(C4CCC4)CC2)OC3)cc1F. The fraction of sp³-hybridized carbons (Fsp3) is 0.435. The molecule has 0 aromatic heterocycles. The van der Waals surface area contributed by atoms with E-state index in [2.05, 4.69) is 4.90 Å². The van der Waals surface area contributed by atoms with Gasteiger partial charge in [0.2, 0.25) is 5.79 Å². The summed E-state index contributed by atoms with van der Waals surface area (Å²) in [6, 6.07) is 8.93.